The van der Waals surface area contributed by atoms with E-state index in [9.17, 15) is 9.59 Å². The Hall–Kier alpha value is -2.58. The van der Waals surface area contributed by atoms with Crippen molar-refractivity contribution >= 4 is 43.8 Å². The molecule has 0 fully saturated rings. The summed E-state index contributed by atoms with van der Waals surface area (Å²) in [6.07, 6.45) is 0. The molecule has 4 aromatic rings. The summed E-state index contributed by atoms with van der Waals surface area (Å²) in [5, 5.41) is 1.86. The maximum absolute atomic E-state index is 12.2. The molecule has 0 spiro atoms. The Labute approximate surface area is 144 Å². The summed E-state index contributed by atoms with van der Waals surface area (Å²) in [5.74, 6) is -0.449. The molecule has 3 heterocycles. The molecule has 0 bridgehead atoms. The highest BCUT2D eigenvalue weighted by Crippen LogP contribution is 2.20. The fourth-order valence-corrected chi connectivity index (χ4v) is 3.99. The van der Waals surface area contributed by atoms with Crippen LogP contribution in [0.2, 0.25) is 0 Å². The normalized spacial score (nSPS) is 11.2. The molecule has 0 unspecified atom stereocenters. The molecule has 0 aliphatic carbocycles. The first-order chi connectivity index (χ1) is 11.6. The summed E-state index contributed by atoms with van der Waals surface area (Å²) < 4.78 is 7.75. The monoisotopic (exact) mass is 357 g/mol. The van der Waals surface area contributed by atoms with Crippen LogP contribution in [0.15, 0.2) is 40.0 Å². The Morgan fingerprint density at radius 1 is 1.29 bits per heavy atom. The van der Waals surface area contributed by atoms with Crippen LogP contribution in [0.25, 0.3) is 15.2 Å². The molecule has 0 radical (unpaired) electrons. The third-order valence-corrected chi connectivity index (χ3v) is 5.28. The van der Waals surface area contributed by atoms with E-state index < -0.39 is 5.97 Å². The standard InChI is InChI=1S/C16H11N3O3S2/c1-9-7-23-16-18-11(5-14(20)19(9)16)6-22-15(21)10-2-3-12-13(4-10)24-8-17-12/h2-5,7-8H,6H2,1H3. The fraction of sp³-hybridized carbons (Fsp3) is 0.125. The average Bonchev–Trinajstić information content (AvgIpc) is 3.18. The Morgan fingerprint density at radius 3 is 3.04 bits per heavy atom. The van der Waals surface area contributed by atoms with Crippen molar-refractivity contribution in [2.24, 2.45) is 0 Å². The highest BCUT2D eigenvalue weighted by atomic mass is 32.1. The third-order valence-electron chi connectivity index (χ3n) is 3.55. The van der Waals surface area contributed by atoms with Gasteiger partial charge in [-0.2, -0.15) is 0 Å². The van der Waals surface area contributed by atoms with Crippen molar-refractivity contribution in [2.45, 2.75) is 13.5 Å². The average molecular weight is 357 g/mol. The van der Waals surface area contributed by atoms with Gasteiger partial charge in [-0.1, -0.05) is 0 Å². The van der Waals surface area contributed by atoms with Crippen molar-refractivity contribution in [3.63, 3.8) is 0 Å². The second-order valence-corrected chi connectivity index (χ2v) is 6.91. The van der Waals surface area contributed by atoms with Gasteiger partial charge in [-0.25, -0.2) is 14.8 Å². The molecule has 120 valence electrons. The molecular formula is C16H11N3O3S2. The molecule has 24 heavy (non-hydrogen) atoms. The van der Waals surface area contributed by atoms with E-state index in [0.717, 1.165) is 15.9 Å². The van der Waals surface area contributed by atoms with E-state index in [1.807, 2.05) is 12.3 Å². The molecular weight excluding hydrogens is 346 g/mol. The van der Waals surface area contributed by atoms with Gasteiger partial charge in [0.05, 0.1) is 27.0 Å². The molecule has 0 saturated carbocycles. The van der Waals surface area contributed by atoms with Gasteiger partial charge in [0, 0.05) is 17.1 Å². The minimum atomic E-state index is -0.449. The summed E-state index contributed by atoms with van der Waals surface area (Å²) in [4.78, 5) is 33.4. The smallest absolute Gasteiger partial charge is 0.338 e. The number of fused-ring (bicyclic) bond motifs is 2. The van der Waals surface area contributed by atoms with Crippen LogP contribution in [0, 0.1) is 6.92 Å². The Morgan fingerprint density at radius 2 is 2.17 bits per heavy atom. The van der Waals surface area contributed by atoms with E-state index in [4.69, 9.17) is 4.74 Å². The molecule has 0 aliphatic rings. The van der Waals surface area contributed by atoms with Gasteiger partial charge < -0.3 is 4.74 Å². The van der Waals surface area contributed by atoms with Crippen molar-refractivity contribution in [1.82, 2.24) is 14.4 Å². The van der Waals surface area contributed by atoms with E-state index in [-0.39, 0.29) is 12.2 Å². The SMILES string of the molecule is Cc1csc2nc(COC(=O)c3ccc4ncsc4c3)cc(=O)n12. The number of benzene rings is 1. The van der Waals surface area contributed by atoms with Crippen LogP contribution in [0.1, 0.15) is 21.7 Å². The van der Waals surface area contributed by atoms with Crippen LogP contribution in [0.5, 0.6) is 0 Å². The maximum atomic E-state index is 12.2. The summed E-state index contributed by atoms with van der Waals surface area (Å²) in [6, 6.07) is 6.61. The van der Waals surface area contributed by atoms with Crippen LogP contribution in [-0.4, -0.2) is 20.3 Å². The van der Waals surface area contributed by atoms with Gasteiger partial charge in [0.15, 0.2) is 4.96 Å². The number of carbonyl (C=O) groups excluding carboxylic acids is 1. The number of nitrogens with zero attached hydrogens (tertiary/aromatic N) is 3. The molecule has 3 aromatic heterocycles. The molecule has 0 aliphatic heterocycles. The number of hydrogen-bond donors (Lipinski definition) is 0. The zero-order valence-corrected chi connectivity index (χ0v) is 14.2. The van der Waals surface area contributed by atoms with E-state index in [1.54, 1.807) is 23.7 Å². The third kappa shape index (κ3) is 2.59. The molecule has 0 saturated heterocycles. The van der Waals surface area contributed by atoms with Crippen molar-refractivity contribution in [3.8, 4) is 0 Å². The minimum Gasteiger partial charge on any atom is -0.456 e. The molecule has 4 rings (SSSR count). The zero-order chi connectivity index (χ0) is 16.7. The maximum Gasteiger partial charge on any atom is 0.338 e. The zero-order valence-electron chi connectivity index (χ0n) is 12.6. The highest BCUT2D eigenvalue weighted by Gasteiger charge is 2.11. The molecule has 0 amide bonds. The highest BCUT2D eigenvalue weighted by molar-refractivity contribution is 7.16. The first-order valence-electron chi connectivity index (χ1n) is 7.09. The Balaban J connectivity index is 1.55. The molecule has 8 heteroatoms. The first-order valence-corrected chi connectivity index (χ1v) is 8.85. The predicted octanol–water partition coefficient (Wildman–Crippen LogP) is 3.03. The Kier molecular flexibility index (Phi) is 3.62. The number of hydrogen-bond acceptors (Lipinski definition) is 7. The summed E-state index contributed by atoms with van der Waals surface area (Å²) in [5.41, 5.74) is 4.15. The predicted molar refractivity (Wildman–Crippen MR) is 92.8 cm³/mol. The quantitative estimate of drug-likeness (QED) is 0.527. The van der Waals surface area contributed by atoms with E-state index in [1.165, 1.54) is 33.1 Å². The summed E-state index contributed by atoms with van der Waals surface area (Å²) in [7, 11) is 0. The van der Waals surface area contributed by atoms with Gasteiger partial charge in [-0.3, -0.25) is 9.20 Å². The van der Waals surface area contributed by atoms with Crippen molar-refractivity contribution < 1.29 is 9.53 Å². The van der Waals surface area contributed by atoms with Crippen LogP contribution in [0.3, 0.4) is 0 Å². The van der Waals surface area contributed by atoms with E-state index >= 15 is 0 Å². The lowest BCUT2D eigenvalue weighted by Gasteiger charge is -2.05. The van der Waals surface area contributed by atoms with Crippen molar-refractivity contribution in [3.05, 3.63) is 62.5 Å². The molecule has 0 N–H and O–H groups in total. The number of carbonyl (C=O) groups is 1. The lowest BCUT2D eigenvalue weighted by molar-refractivity contribution is 0.0468. The number of ether oxygens (including phenoxy) is 1. The number of aryl methyl sites for hydroxylation is 1. The number of rotatable bonds is 3. The number of esters is 1. The van der Waals surface area contributed by atoms with E-state index in [0.29, 0.717) is 16.2 Å². The molecule has 6 nitrogen and oxygen atoms in total. The first kappa shape index (κ1) is 15.0. The largest absolute Gasteiger partial charge is 0.456 e. The van der Waals surface area contributed by atoms with Gasteiger partial charge in [-0.05, 0) is 25.1 Å². The summed E-state index contributed by atoms with van der Waals surface area (Å²) >= 11 is 2.85. The van der Waals surface area contributed by atoms with Gasteiger partial charge in [-0.15, -0.1) is 22.7 Å². The van der Waals surface area contributed by atoms with Crippen molar-refractivity contribution in [1.29, 1.82) is 0 Å². The lowest BCUT2D eigenvalue weighted by atomic mass is 10.2. The van der Waals surface area contributed by atoms with Crippen LogP contribution in [0.4, 0.5) is 0 Å². The van der Waals surface area contributed by atoms with Gasteiger partial charge in [0.25, 0.3) is 5.56 Å². The summed E-state index contributed by atoms with van der Waals surface area (Å²) in [6.45, 7) is 1.81. The topological polar surface area (TPSA) is 73.6 Å². The lowest BCUT2D eigenvalue weighted by Crippen LogP contribution is -2.16. The van der Waals surface area contributed by atoms with Crippen molar-refractivity contribution in [2.75, 3.05) is 0 Å². The Bertz CT molecular complexity index is 1130. The molecule has 1 aromatic carbocycles. The number of aromatic nitrogens is 3. The fourth-order valence-electron chi connectivity index (χ4n) is 2.38. The van der Waals surface area contributed by atoms with Gasteiger partial charge >= 0.3 is 5.97 Å². The second-order valence-electron chi connectivity index (χ2n) is 5.19. The van der Waals surface area contributed by atoms with Crippen LogP contribution < -0.4 is 5.56 Å². The van der Waals surface area contributed by atoms with E-state index in [2.05, 4.69) is 9.97 Å². The minimum absolute atomic E-state index is 0.0394. The second kappa shape index (κ2) is 5.81. The number of thiazole rings is 2. The van der Waals surface area contributed by atoms with Gasteiger partial charge in [0.2, 0.25) is 0 Å². The van der Waals surface area contributed by atoms with Crippen LogP contribution >= 0.6 is 22.7 Å². The van der Waals surface area contributed by atoms with Crippen LogP contribution in [-0.2, 0) is 11.3 Å². The van der Waals surface area contributed by atoms with Gasteiger partial charge in [0.1, 0.15) is 6.61 Å². The molecule has 0 atom stereocenters.